The van der Waals surface area contributed by atoms with Gasteiger partial charge in [-0.05, 0) is 36.1 Å². The summed E-state index contributed by atoms with van der Waals surface area (Å²) in [6, 6.07) is 13.5. The summed E-state index contributed by atoms with van der Waals surface area (Å²) in [6.07, 6.45) is 1.27. The molecule has 124 valence electrons. The van der Waals surface area contributed by atoms with Crippen LogP contribution < -0.4 is 19.5 Å². The molecular formula is C19H19NO4. The van der Waals surface area contributed by atoms with Gasteiger partial charge < -0.3 is 19.5 Å². The average Bonchev–Trinajstić information content (AvgIpc) is 2.62. The van der Waals surface area contributed by atoms with E-state index in [-0.39, 0.29) is 11.8 Å². The highest BCUT2D eigenvalue weighted by molar-refractivity contribution is 5.93. The van der Waals surface area contributed by atoms with Crippen LogP contribution in [0, 0.1) is 0 Å². The van der Waals surface area contributed by atoms with E-state index in [2.05, 4.69) is 5.32 Å². The predicted octanol–water partition coefficient (Wildman–Crippen LogP) is 3.35. The van der Waals surface area contributed by atoms with Gasteiger partial charge in [-0.15, -0.1) is 0 Å². The van der Waals surface area contributed by atoms with E-state index < -0.39 is 0 Å². The lowest BCUT2D eigenvalue weighted by atomic mass is 9.90. The summed E-state index contributed by atoms with van der Waals surface area (Å²) >= 11 is 0. The summed E-state index contributed by atoms with van der Waals surface area (Å²) in [5.74, 6) is 2.32. The minimum Gasteiger partial charge on any atom is -0.493 e. The van der Waals surface area contributed by atoms with Crippen LogP contribution >= 0.6 is 0 Å². The molecule has 0 saturated heterocycles. The van der Waals surface area contributed by atoms with Gasteiger partial charge >= 0.3 is 0 Å². The van der Waals surface area contributed by atoms with Gasteiger partial charge in [0.15, 0.2) is 11.5 Å². The largest absolute Gasteiger partial charge is 0.493 e. The molecule has 4 rings (SSSR count). The fraction of sp³-hybridized carbons (Fsp3) is 0.316. The molecule has 0 radical (unpaired) electrons. The molecule has 1 N–H and O–H groups in total. The molecule has 2 aromatic rings. The molecule has 2 aromatic carbocycles. The molecule has 5 heteroatoms. The van der Waals surface area contributed by atoms with E-state index in [4.69, 9.17) is 14.2 Å². The lowest BCUT2D eigenvalue weighted by Gasteiger charge is -2.26. The number of nitrogens with one attached hydrogen (secondary N) is 1. The molecular weight excluding hydrogens is 306 g/mol. The Morgan fingerprint density at radius 1 is 0.958 bits per heavy atom. The monoisotopic (exact) mass is 325 g/mol. The minimum absolute atomic E-state index is 0.0284. The van der Waals surface area contributed by atoms with Gasteiger partial charge in [-0.1, -0.05) is 24.3 Å². The van der Waals surface area contributed by atoms with Crippen LogP contribution in [0.25, 0.3) is 0 Å². The van der Waals surface area contributed by atoms with Crippen molar-refractivity contribution in [3.8, 4) is 17.2 Å². The third kappa shape index (κ3) is 2.89. The zero-order valence-corrected chi connectivity index (χ0v) is 13.3. The standard InChI is InChI=1S/C19H19NO4/c21-18(12-13-8-9-22-16-6-2-1-4-14(13)16)20-15-5-3-7-17-19(15)24-11-10-23-17/h1-7,13H,8-12H2,(H,20,21). The highest BCUT2D eigenvalue weighted by Gasteiger charge is 2.24. The molecule has 0 saturated carbocycles. The first-order chi connectivity index (χ1) is 11.8. The number of fused-ring (bicyclic) bond motifs is 2. The second kappa shape index (κ2) is 6.43. The number of carbonyl (C=O) groups is 1. The zero-order chi connectivity index (χ0) is 16.4. The number of carbonyl (C=O) groups excluding carboxylic acids is 1. The topological polar surface area (TPSA) is 56.8 Å². The van der Waals surface area contributed by atoms with Crippen molar-refractivity contribution in [1.82, 2.24) is 0 Å². The van der Waals surface area contributed by atoms with E-state index in [9.17, 15) is 4.79 Å². The van der Waals surface area contributed by atoms with Crippen LogP contribution in [0.2, 0.25) is 0 Å². The Balaban J connectivity index is 1.49. The van der Waals surface area contributed by atoms with Crippen LogP contribution in [0.1, 0.15) is 24.3 Å². The number of rotatable bonds is 3. The molecule has 0 aromatic heterocycles. The average molecular weight is 325 g/mol. The van der Waals surface area contributed by atoms with Crippen LogP contribution in [-0.4, -0.2) is 25.7 Å². The smallest absolute Gasteiger partial charge is 0.225 e. The normalized spacial score (nSPS) is 18.2. The van der Waals surface area contributed by atoms with Crippen molar-refractivity contribution in [2.24, 2.45) is 0 Å². The van der Waals surface area contributed by atoms with Gasteiger partial charge in [0, 0.05) is 6.42 Å². The number of amides is 1. The van der Waals surface area contributed by atoms with E-state index in [1.165, 1.54) is 0 Å². The van der Waals surface area contributed by atoms with Gasteiger partial charge in [0.25, 0.3) is 0 Å². The number of hydrogen-bond donors (Lipinski definition) is 1. The minimum atomic E-state index is -0.0284. The summed E-state index contributed by atoms with van der Waals surface area (Å²) in [5.41, 5.74) is 1.77. The first-order valence-corrected chi connectivity index (χ1v) is 8.21. The van der Waals surface area contributed by atoms with Crippen molar-refractivity contribution in [1.29, 1.82) is 0 Å². The first-order valence-electron chi connectivity index (χ1n) is 8.21. The Kier molecular flexibility index (Phi) is 3.99. The van der Waals surface area contributed by atoms with E-state index in [1.54, 1.807) is 0 Å². The lowest BCUT2D eigenvalue weighted by molar-refractivity contribution is -0.116. The first kappa shape index (κ1) is 14.9. The fourth-order valence-corrected chi connectivity index (χ4v) is 3.23. The molecule has 1 unspecified atom stereocenters. The van der Waals surface area contributed by atoms with E-state index in [0.29, 0.717) is 43.4 Å². The number of benzene rings is 2. The van der Waals surface area contributed by atoms with Gasteiger partial charge in [-0.25, -0.2) is 0 Å². The Bertz CT molecular complexity index is 759. The van der Waals surface area contributed by atoms with Gasteiger partial charge in [0.2, 0.25) is 5.91 Å². The maximum Gasteiger partial charge on any atom is 0.225 e. The van der Waals surface area contributed by atoms with Crippen LogP contribution in [0.15, 0.2) is 42.5 Å². The van der Waals surface area contributed by atoms with Gasteiger partial charge in [-0.3, -0.25) is 4.79 Å². The zero-order valence-electron chi connectivity index (χ0n) is 13.3. The van der Waals surface area contributed by atoms with Gasteiger partial charge in [-0.2, -0.15) is 0 Å². The van der Waals surface area contributed by atoms with Crippen molar-refractivity contribution in [2.75, 3.05) is 25.1 Å². The summed E-state index contributed by atoms with van der Waals surface area (Å²) in [6.45, 7) is 1.67. The van der Waals surface area contributed by atoms with Crippen molar-refractivity contribution in [2.45, 2.75) is 18.8 Å². The number of ether oxygens (including phenoxy) is 3. The van der Waals surface area contributed by atoms with Gasteiger partial charge in [0.1, 0.15) is 19.0 Å². The Labute approximate surface area is 140 Å². The maximum absolute atomic E-state index is 12.5. The molecule has 0 spiro atoms. The quantitative estimate of drug-likeness (QED) is 0.940. The van der Waals surface area contributed by atoms with Crippen molar-refractivity contribution < 1.29 is 19.0 Å². The van der Waals surface area contributed by atoms with E-state index in [1.807, 2.05) is 42.5 Å². The predicted molar refractivity (Wildman–Crippen MR) is 90.0 cm³/mol. The molecule has 0 bridgehead atoms. The molecule has 2 heterocycles. The summed E-state index contributed by atoms with van der Waals surface area (Å²) in [5, 5.41) is 2.96. The van der Waals surface area contributed by atoms with E-state index in [0.717, 1.165) is 17.7 Å². The van der Waals surface area contributed by atoms with Crippen LogP contribution in [0.3, 0.4) is 0 Å². The van der Waals surface area contributed by atoms with Gasteiger partial charge in [0.05, 0.1) is 12.3 Å². The van der Waals surface area contributed by atoms with Crippen LogP contribution in [-0.2, 0) is 4.79 Å². The highest BCUT2D eigenvalue weighted by atomic mass is 16.6. The summed E-state index contributed by atoms with van der Waals surface area (Å²) in [7, 11) is 0. The molecule has 2 aliphatic heterocycles. The molecule has 1 amide bonds. The van der Waals surface area contributed by atoms with Crippen LogP contribution in [0.4, 0.5) is 5.69 Å². The Morgan fingerprint density at radius 3 is 2.71 bits per heavy atom. The summed E-state index contributed by atoms with van der Waals surface area (Å²) in [4.78, 5) is 12.5. The van der Waals surface area contributed by atoms with E-state index >= 15 is 0 Å². The Morgan fingerprint density at radius 2 is 1.75 bits per heavy atom. The maximum atomic E-state index is 12.5. The SMILES string of the molecule is O=C(CC1CCOc2ccccc21)Nc1cccc2c1OCCO2. The number of anilines is 1. The fourth-order valence-electron chi connectivity index (χ4n) is 3.23. The second-order valence-electron chi connectivity index (χ2n) is 5.95. The van der Waals surface area contributed by atoms with Crippen molar-refractivity contribution in [3.05, 3.63) is 48.0 Å². The van der Waals surface area contributed by atoms with Crippen LogP contribution in [0.5, 0.6) is 17.2 Å². The molecule has 0 aliphatic carbocycles. The van der Waals surface area contributed by atoms with Crippen molar-refractivity contribution >= 4 is 11.6 Å². The third-order valence-electron chi connectivity index (χ3n) is 4.35. The molecule has 24 heavy (non-hydrogen) atoms. The van der Waals surface area contributed by atoms with Crippen molar-refractivity contribution in [3.63, 3.8) is 0 Å². The second-order valence-corrected chi connectivity index (χ2v) is 5.95. The lowest BCUT2D eigenvalue weighted by Crippen LogP contribution is -2.22. The third-order valence-corrected chi connectivity index (χ3v) is 4.35. The molecule has 2 aliphatic rings. The molecule has 0 fully saturated rings. The number of hydrogen-bond acceptors (Lipinski definition) is 4. The highest BCUT2D eigenvalue weighted by Crippen LogP contribution is 2.39. The Hall–Kier alpha value is -2.69. The number of para-hydroxylation sites is 2. The summed E-state index contributed by atoms with van der Waals surface area (Å²) < 4.78 is 16.9. The molecule has 5 nitrogen and oxygen atoms in total. The molecule has 1 atom stereocenters.